The van der Waals surface area contributed by atoms with Crippen LogP contribution < -0.4 is 9.62 Å². The van der Waals surface area contributed by atoms with Crippen molar-refractivity contribution in [3.05, 3.63) is 94.5 Å². The molecule has 0 saturated heterocycles. The third-order valence-electron chi connectivity index (χ3n) is 4.23. The van der Waals surface area contributed by atoms with E-state index in [1.165, 1.54) is 29.6 Å². The van der Waals surface area contributed by atoms with Crippen molar-refractivity contribution < 1.29 is 13.3 Å². The van der Waals surface area contributed by atoms with Crippen LogP contribution in [0.4, 0.5) is 17.1 Å². The molecule has 0 aromatic heterocycles. The van der Waals surface area contributed by atoms with Gasteiger partial charge in [0, 0.05) is 31.4 Å². The minimum atomic E-state index is -3.71. The quantitative estimate of drug-likeness (QED) is 0.480. The summed E-state index contributed by atoms with van der Waals surface area (Å²) in [7, 11) is -2.20. The first kappa shape index (κ1) is 19.4. The lowest BCUT2D eigenvalue weighted by atomic mass is 10.2. The van der Waals surface area contributed by atoms with Gasteiger partial charge in [-0.15, -0.1) is 0 Å². The molecule has 8 heteroatoms. The van der Waals surface area contributed by atoms with Gasteiger partial charge in [0.25, 0.3) is 15.7 Å². The summed E-state index contributed by atoms with van der Waals surface area (Å²) in [6, 6.07) is 21.6. The number of hydrogen-bond acceptors (Lipinski definition) is 5. The van der Waals surface area contributed by atoms with E-state index in [9.17, 15) is 18.5 Å². The minimum Gasteiger partial charge on any atom is -0.381 e. The van der Waals surface area contributed by atoms with E-state index in [1.807, 2.05) is 6.07 Å². The fourth-order valence-corrected chi connectivity index (χ4v) is 3.93. The highest BCUT2D eigenvalue weighted by atomic mass is 32.2. The number of anilines is 2. The maximum atomic E-state index is 12.9. The van der Waals surface area contributed by atoms with Gasteiger partial charge in [0.15, 0.2) is 0 Å². The molecule has 3 aromatic rings. The predicted octanol–water partition coefficient (Wildman–Crippen LogP) is 4.03. The van der Waals surface area contributed by atoms with Crippen LogP contribution in [-0.4, -0.2) is 20.4 Å². The molecule has 0 radical (unpaired) electrons. The summed E-state index contributed by atoms with van der Waals surface area (Å²) in [5.74, 6) is 0. The Bertz CT molecular complexity index is 1090. The number of benzene rings is 3. The van der Waals surface area contributed by atoms with Crippen LogP contribution >= 0.6 is 0 Å². The van der Waals surface area contributed by atoms with E-state index in [-0.39, 0.29) is 10.6 Å². The van der Waals surface area contributed by atoms with Crippen LogP contribution in [0, 0.1) is 10.1 Å². The summed E-state index contributed by atoms with van der Waals surface area (Å²) in [4.78, 5) is 10.6. The van der Waals surface area contributed by atoms with Crippen molar-refractivity contribution in [1.82, 2.24) is 0 Å². The van der Waals surface area contributed by atoms with E-state index in [1.54, 1.807) is 54.6 Å². The van der Waals surface area contributed by atoms with Crippen molar-refractivity contribution in [1.29, 1.82) is 0 Å². The summed E-state index contributed by atoms with van der Waals surface area (Å²) < 4.78 is 27.0. The fraction of sp³-hybridized carbons (Fsp3) is 0.100. The molecule has 0 amide bonds. The molecule has 0 aliphatic heterocycles. The van der Waals surface area contributed by atoms with Crippen molar-refractivity contribution in [2.24, 2.45) is 0 Å². The molecule has 0 saturated carbocycles. The summed E-state index contributed by atoms with van der Waals surface area (Å²) >= 11 is 0. The highest BCUT2D eigenvalue weighted by molar-refractivity contribution is 7.92. The second-order valence-corrected chi connectivity index (χ2v) is 8.09. The van der Waals surface area contributed by atoms with Gasteiger partial charge in [-0.25, -0.2) is 8.42 Å². The monoisotopic (exact) mass is 397 g/mol. The molecule has 0 spiro atoms. The lowest BCUT2D eigenvalue weighted by Gasteiger charge is -2.20. The number of sulfonamides is 1. The van der Waals surface area contributed by atoms with Crippen LogP contribution in [0.5, 0.6) is 0 Å². The zero-order chi connectivity index (χ0) is 20.1. The molecule has 7 nitrogen and oxygen atoms in total. The smallest absolute Gasteiger partial charge is 0.269 e. The van der Waals surface area contributed by atoms with Crippen LogP contribution in [0.2, 0.25) is 0 Å². The first-order valence-corrected chi connectivity index (χ1v) is 9.93. The van der Waals surface area contributed by atoms with Gasteiger partial charge in [-0.05, 0) is 35.9 Å². The van der Waals surface area contributed by atoms with Crippen molar-refractivity contribution in [3.63, 3.8) is 0 Å². The standard InChI is InChI=1S/C20H19N3O4S/c1-22(18-9-3-2-4-10-18)28(26,27)20-12-6-8-17(14-20)21-15-16-7-5-11-19(13-16)23(24)25/h2-14,21H,15H2,1H3. The minimum absolute atomic E-state index is 0.0140. The van der Waals surface area contributed by atoms with Crippen LogP contribution in [0.1, 0.15) is 5.56 Å². The second-order valence-electron chi connectivity index (χ2n) is 6.12. The molecule has 0 heterocycles. The Morgan fingerprint density at radius 2 is 1.68 bits per heavy atom. The van der Waals surface area contributed by atoms with Gasteiger partial charge in [-0.2, -0.15) is 0 Å². The average Bonchev–Trinajstić information content (AvgIpc) is 2.72. The van der Waals surface area contributed by atoms with Crippen molar-refractivity contribution in [2.45, 2.75) is 11.4 Å². The number of non-ortho nitro benzene ring substituents is 1. The maximum Gasteiger partial charge on any atom is 0.269 e. The molecular formula is C20H19N3O4S. The van der Waals surface area contributed by atoms with Gasteiger partial charge >= 0.3 is 0 Å². The fourth-order valence-electron chi connectivity index (χ4n) is 2.69. The highest BCUT2D eigenvalue weighted by Crippen LogP contribution is 2.24. The molecule has 0 atom stereocenters. The van der Waals surface area contributed by atoms with Gasteiger partial charge in [0.1, 0.15) is 0 Å². The molecule has 0 aliphatic carbocycles. The number of nitro groups is 1. The third kappa shape index (κ3) is 4.29. The SMILES string of the molecule is CN(c1ccccc1)S(=O)(=O)c1cccc(NCc2cccc([N+](=O)[O-])c2)c1. The van der Waals surface area contributed by atoms with E-state index >= 15 is 0 Å². The van der Waals surface area contributed by atoms with Crippen molar-refractivity contribution in [2.75, 3.05) is 16.7 Å². The molecule has 144 valence electrons. The number of hydrogen-bond donors (Lipinski definition) is 1. The van der Waals surface area contributed by atoms with Gasteiger partial charge in [0.2, 0.25) is 0 Å². The number of nitrogens with zero attached hydrogens (tertiary/aromatic N) is 2. The van der Waals surface area contributed by atoms with E-state index in [0.717, 1.165) is 5.56 Å². The Balaban J connectivity index is 1.78. The van der Waals surface area contributed by atoms with Crippen LogP contribution in [0.25, 0.3) is 0 Å². The largest absolute Gasteiger partial charge is 0.381 e. The Morgan fingerprint density at radius 1 is 0.964 bits per heavy atom. The Labute approximate surface area is 163 Å². The molecule has 3 rings (SSSR count). The van der Waals surface area contributed by atoms with Gasteiger partial charge in [0.05, 0.1) is 15.5 Å². The summed E-state index contributed by atoms with van der Waals surface area (Å²) in [6.07, 6.45) is 0. The average molecular weight is 397 g/mol. The first-order valence-electron chi connectivity index (χ1n) is 8.49. The molecule has 0 aliphatic rings. The summed E-state index contributed by atoms with van der Waals surface area (Å²) in [6.45, 7) is 0.333. The van der Waals surface area contributed by atoms with E-state index in [4.69, 9.17) is 0 Å². The normalized spacial score (nSPS) is 11.0. The maximum absolute atomic E-state index is 12.9. The zero-order valence-corrected chi connectivity index (χ0v) is 16.0. The van der Waals surface area contributed by atoms with Crippen LogP contribution in [-0.2, 0) is 16.6 Å². The zero-order valence-electron chi connectivity index (χ0n) is 15.1. The van der Waals surface area contributed by atoms with E-state index < -0.39 is 14.9 Å². The van der Waals surface area contributed by atoms with Gasteiger partial charge in [-0.1, -0.05) is 36.4 Å². The highest BCUT2D eigenvalue weighted by Gasteiger charge is 2.21. The van der Waals surface area contributed by atoms with E-state index in [2.05, 4.69) is 5.32 Å². The molecule has 0 unspecified atom stereocenters. The lowest BCUT2D eigenvalue weighted by molar-refractivity contribution is -0.384. The first-order chi connectivity index (χ1) is 13.4. The summed E-state index contributed by atoms with van der Waals surface area (Å²) in [5.41, 5.74) is 1.91. The van der Waals surface area contributed by atoms with Crippen LogP contribution in [0.3, 0.4) is 0 Å². The Hall–Kier alpha value is -3.39. The van der Waals surface area contributed by atoms with E-state index in [0.29, 0.717) is 17.9 Å². The third-order valence-corrected chi connectivity index (χ3v) is 6.01. The molecule has 0 bridgehead atoms. The number of nitro benzene ring substituents is 1. The Morgan fingerprint density at radius 3 is 2.39 bits per heavy atom. The molecule has 28 heavy (non-hydrogen) atoms. The molecular weight excluding hydrogens is 378 g/mol. The number of rotatable bonds is 7. The van der Waals surface area contributed by atoms with Crippen molar-refractivity contribution >= 4 is 27.1 Å². The van der Waals surface area contributed by atoms with Gasteiger partial charge in [-0.3, -0.25) is 14.4 Å². The molecule has 3 aromatic carbocycles. The van der Waals surface area contributed by atoms with Gasteiger partial charge < -0.3 is 5.32 Å². The molecule has 1 N–H and O–H groups in total. The lowest BCUT2D eigenvalue weighted by Crippen LogP contribution is -2.26. The van der Waals surface area contributed by atoms with Crippen molar-refractivity contribution in [3.8, 4) is 0 Å². The Kier molecular flexibility index (Phi) is 5.60. The second kappa shape index (κ2) is 8.10. The molecule has 0 fully saturated rings. The number of nitrogens with one attached hydrogen (secondary N) is 1. The predicted molar refractivity (Wildman–Crippen MR) is 109 cm³/mol. The van der Waals surface area contributed by atoms with Crippen LogP contribution in [0.15, 0.2) is 83.8 Å². The topological polar surface area (TPSA) is 92.6 Å². The number of para-hydroxylation sites is 1. The summed E-state index contributed by atoms with van der Waals surface area (Å²) in [5, 5.41) is 14.0.